The monoisotopic (exact) mass is 263 g/mol. The van der Waals surface area contributed by atoms with Crippen LogP contribution in [0.4, 0.5) is 4.79 Å². The van der Waals surface area contributed by atoms with Crippen LogP contribution in [0.1, 0.15) is 27.2 Å². The van der Waals surface area contributed by atoms with E-state index in [4.69, 9.17) is 5.26 Å². The van der Waals surface area contributed by atoms with Crippen LogP contribution in [-0.2, 0) is 14.9 Å². The van der Waals surface area contributed by atoms with Gasteiger partial charge in [-0.05, 0) is 20.8 Å². The van der Waals surface area contributed by atoms with Crippen LogP contribution >= 0.6 is 0 Å². The number of nitrogens with one attached hydrogen (secondary N) is 1. The Bertz CT molecular complexity index is 399. The Labute approximate surface area is 102 Å². The van der Waals surface area contributed by atoms with Crippen LogP contribution in [0.2, 0.25) is 0 Å². The van der Waals surface area contributed by atoms with Crippen molar-refractivity contribution < 1.29 is 17.9 Å². The van der Waals surface area contributed by atoms with E-state index in [1.54, 1.807) is 25.5 Å². The van der Waals surface area contributed by atoms with E-state index >= 15 is 0 Å². The minimum atomic E-state index is -3.97. The predicted molar refractivity (Wildman–Crippen MR) is 61.1 cm³/mol. The summed E-state index contributed by atoms with van der Waals surface area (Å²) in [7, 11) is -2.68. The van der Waals surface area contributed by atoms with Crippen molar-refractivity contribution in [3.8, 4) is 6.07 Å². The number of nitrogens with zero attached hydrogens (tertiary/aromatic N) is 2. The maximum atomic E-state index is 11.6. The maximum absolute atomic E-state index is 11.6. The average Bonchev–Trinajstić information content (AvgIpc) is 2.14. The molecule has 0 aromatic rings. The fourth-order valence-electron chi connectivity index (χ4n) is 0.913. The number of carbonyl (C=O) groups is 1. The molecule has 0 rings (SSSR count). The number of hydrogen-bond donors (Lipinski definition) is 1. The summed E-state index contributed by atoms with van der Waals surface area (Å²) < 4.78 is 30.6. The predicted octanol–water partition coefficient (Wildman–Crippen LogP) is 0.600. The summed E-state index contributed by atoms with van der Waals surface area (Å²) in [4.78, 5) is 11.1. The SMILES string of the molecule is CC(C)OC(=O)NS(=O)(=O)N(C)C(C)CC#N. The number of ether oxygens (including phenoxy) is 1. The highest BCUT2D eigenvalue weighted by Crippen LogP contribution is 2.05. The molecule has 0 bridgehead atoms. The quantitative estimate of drug-likeness (QED) is 0.783. The second kappa shape index (κ2) is 6.42. The van der Waals surface area contributed by atoms with E-state index < -0.39 is 28.4 Å². The van der Waals surface area contributed by atoms with E-state index in [9.17, 15) is 13.2 Å². The second-order valence-electron chi connectivity index (χ2n) is 3.79. The number of rotatable bonds is 5. The topological polar surface area (TPSA) is 99.5 Å². The first kappa shape index (κ1) is 15.7. The van der Waals surface area contributed by atoms with Crippen LogP contribution in [0.3, 0.4) is 0 Å². The van der Waals surface area contributed by atoms with Gasteiger partial charge in [-0.25, -0.2) is 9.52 Å². The van der Waals surface area contributed by atoms with Crippen molar-refractivity contribution in [2.45, 2.75) is 39.3 Å². The van der Waals surface area contributed by atoms with Crippen LogP contribution in [0.15, 0.2) is 0 Å². The minimum absolute atomic E-state index is 0.0383. The van der Waals surface area contributed by atoms with Crippen molar-refractivity contribution in [1.29, 1.82) is 5.26 Å². The first-order valence-corrected chi connectivity index (χ1v) is 6.48. The average molecular weight is 263 g/mol. The third-order valence-corrected chi connectivity index (χ3v) is 3.48. The highest BCUT2D eigenvalue weighted by Gasteiger charge is 2.25. The number of nitriles is 1. The molecule has 0 heterocycles. The number of amides is 1. The maximum Gasteiger partial charge on any atom is 0.422 e. The summed E-state index contributed by atoms with van der Waals surface area (Å²) in [6.45, 7) is 4.78. The highest BCUT2D eigenvalue weighted by atomic mass is 32.2. The molecular weight excluding hydrogens is 246 g/mol. The molecule has 1 atom stereocenters. The van der Waals surface area contributed by atoms with Crippen molar-refractivity contribution in [3.05, 3.63) is 0 Å². The fraction of sp³-hybridized carbons (Fsp3) is 0.778. The summed E-state index contributed by atoms with van der Waals surface area (Å²) in [5.41, 5.74) is 0. The molecule has 0 saturated carbocycles. The third-order valence-electron chi connectivity index (χ3n) is 1.94. The molecule has 0 aliphatic heterocycles. The van der Waals surface area contributed by atoms with Crippen molar-refractivity contribution in [3.63, 3.8) is 0 Å². The van der Waals surface area contributed by atoms with E-state index in [0.29, 0.717) is 0 Å². The van der Waals surface area contributed by atoms with Crippen molar-refractivity contribution in [1.82, 2.24) is 9.03 Å². The first-order valence-electron chi connectivity index (χ1n) is 5.04. The van der Waals surface area contributed by atoms with Gasteiger partial charge in [-0.3, -0.25) is 0 Å². The van der Waals surface area contributed by atoms with Crippen LogP contribution < -0.4 is 4.72 Å². The molecular formula is C9H17N3O4S. The smallest absolute Gasteiger partial charge is 0.422 e. The molecule has 0 fully saturated rings. The van der Waals surface area contributed by atoms with Gasteiger partial charge in [-0.1, -0.05) is 0 Å². The van der Waals surface area contributed by atoms with Gasteiger partial charge in [-0.15, -0.1) is 0 Å². The lowest BCUT2D eigenvalue weighted by atomic mass is 10.3. The summed E-state index contributed by atoms with van der Waals surface area (Å²) in [6, 6.07) is 1.33. The Hall–Kier alpha value is -1.33. The van der Waals surface area contributed by atoms with E-state index in [2.05, 4.69) is 4.74 Å². The van der Waals surface area contributed by atoms with Gasteiger partial charge in [0.05, 0.1) is 18.6 Å². The van der Waals surface area contributed by atoms with Crippen molar-refractivity contribution in [2.75, 3.05) is 7.05 Å². The highest BCUT2D eigenvalue weighted by molar-refractivity contribution is 7.87. The summed E-state index contributed by atoms with van der Waals surface area (Å²) in [5.74, 6) is 0. The van der Waals surface area contributed by atoms with E-state index in [1.165, 1.54) is 7.05 Å². The lowest BCUT2D eigenvalue weighted by Gasteiger charge is -2.22. The molecule has 98 valence electrons. The Morgan fingerprint density at radius 3 is 2.41 bits per heavy atom. The van der Waals surface area contributed by atoms with Gasteiger partial charge in [0.15, 0.2) is 0 Å². The van der Waals surface area contributed by atoms with E-state index in [1.807, 2.05) is 6.07 Å². The first-order chi connectivity index (χ1) is 7.70. The molecule has 0 aliphatic carbocycles. The Kier molecular flexibility index (Phi) is 5.91. The number of hydrogen-bond acceptors (Lipinski definition) is 5. The third kappa shape index (κ3) is 5.51. The van der Waals surface area contributed by atoms with Gasteiger partial charge in [0.2, 0.25) is 0 Å². The zero-order chi connectivity index (χ0) is 13.6. The molecule has 0 radical (unpaired) electrons. The zero-order valence-corrected chi connectivity index (χ0v) is 11.1. The molecule has 7 nitrogen and oxygen atoms in total. The molecule has 0 aliphatic rings. The second-order valence-corrected chi connectivity index (χ2v) is 5.52. The lowest BCUT2D eigenvalue weighted by molar-refractivity contribution is 0.121. The van der Waals surface area contributed by atoms with Crippen molar-refractivity contribution in [2.24, 2.45) is 0 Å². The number of carbonyl (C=O) groups excluding carboxylic acids is 1. The summed E-state index contributed by atoms with van der Waals surface area (Å²) in [5, 5.41) is 8.47. The summed E-state index contributed by atoms with van der Waals surface area (Å²) in [6.07, 6.45) is -1.40. The molecule has 1 unspecified atom stereocenters. The zero-order valence-electron chi connectivity index (χ0n) is 10.3. The fourth-order valence-corrected chi connectivity index (χ4v) is 1.86. The van der Waals surface area contributed by atoms with Gasteiger partial charge in [0, 0.05) is 13.1 Å². The minimum Gasteiger partial charge on any atom is -0.446 e. The van der Waals surface area contributed by atoms with Crippen LogP contribution in [0.25, 0.3) is 0 Å². The Balaban J connectivity index is 4.58. The van der Waals surface area contributed by atoms with Gasteiger partial charge in [0.25, 0.3) is 0 Å². The Morgan fingerprint density at radius 1 is 1.47 bits per heavy atom. The largest absolute Gasteiger partial charge is 0.446 e. The van der Waals surface area contributed by atoms with Gasteiger partial charge >= 0.3 is 16.3 Å². The van der Waals surface area contributed by atoms with Crippen LogP contribution in [0.5, 0.6) is 0 Å². The van der Waals surface area contributed by atoms with Crippen LogP contribution in [-0.4, -0.2) is 38.0 Å². The molecule has 1 amide bonds. The standard InChI is InChI=1S/C9H17N3O4S/c1-7(2)16-9(13)11-17(14,15)12(4)8(3)5-6-10/h7-8H,5H2,1-4H3,(H,11,13). The van der Waals surface area contributed by atoms with Gasteiger partial charge in [0.1, 0.15) is 0 Å². The van der Waals surface area contributed by atoms with Crippen LogP contribution in [0, 0.1) is 11.3 Å². The Morgan fingerprint density at radius 2 is 2.00 bits per heavy atom. The molecule has 0 spiro atoms. The molecule has 1 N–H and O–H groups in total. The normalized spacial score (nSPS) is 13.2. The molecule has 0 aromatic heterocycles. The molecule has 8 heteroatoms. The van der Waals surface area contributed by atoms with E-state index in [-0.39, 0.29) is 6.42 Å². The summed E-state index contributed by atoms with van der Waals surface area (Å²) >= 11 is 0. The van der Waals surface area contributed by atoms with Gasteiger partial charge in [-0.2, -0.15) is 18.0 Å². The van der Waals surface area contributed by atoms with Gasteiger partial charge < -0.3 is 4.74 Å². The van der Waals surface area contributed by atoms with E-state index in [0.717, 1.165) is 4.31 Å². The lowest BCUT2D eigenvalue weighted by Crippen LogP contribution is -2.45. The molecule has 17 heavy (non-hydrogen) atoms. The van der Waals surface area contributed by atoms with Crippen molar-refractivity contribution >= 4 is 16.3 Å². The molecule has 0 aromatic carbocycles. The molecule has 0 saturated heterocycles.